The first-order chi connectivity index (χ1) is 14.0. The van der Waals surface area contributed by atoms with Crippen LogP contribution in [-0.4, -0.2) is 22.8 Å². The SMILES string of the molecule is Cc1cccc(C[C@@H](NC(=O)c2c3ccccc3nc3ccccc23)C(N)=O)c1. The van der Waals surface area contributed by atoms with Crippen molar-refractivity contribution in [3.8, 4) is 0 Å². The predicted molar refractivity (Wildman–Crippen MR) is 115 cm³/mol. The molecule has 0 aliphatic carbocycles. The number of nitrogens with one attached hydrogen (secondary N) is 1. The van der Waals surface area contributed by atoms with Gasteiger partial charge in [0.15, 0.2) is 0 Å². The van der Waals surface area contributed by atoms with E-state index in [1.54, 1.807) is 0 Å². The number of rotatable bonds is 5. The minimum absolute atomic E-state index is 0.337. The van der Waals surface area contributed by atoms with Crippen LogP contribution in [0.1, 0.15) is 21.5 Å². The van der Waals surface area contributed by atoms with Crippen LogP contribution in [0, 0.1) is 6.92 Å². The Balaban J connectivity index is 1.74. The lowest BCUT2D eigenvalue weighted by atomic mass is 10.00. The lowest BCUT2D eigenvalue weighted by molar-refractivity contribution is -0.119. The summed E-state index contributed by atoms with van der Waals surface area (Å²) < 4.78 is 0. The van der Waals surface area contributed by atoms with Gasteiger partial charge in [-0.15, -0.1) is 0 Å². The van der Waals surface area contributed by atoms with Crippen LogP contribution in [0.15, 0.2) is 72.8 Å². The standard InChI is InChI=1S/C24H21N3O2/c1-15-7-6-8-16(13-15)14-21(23(25)28)27-24(29)22-17-9-2-4-11-19(17)26-20-12-5-3-10-18(20)22/h2-13,21H,14H2,1H3,(H2,25,28)(H,27,29)/t21-/m1/s1. The second-order valence-electron chi connectivity index (χ2n) is 7.14. The Morgan fingerprint density at radius 3 is 2.14 bits per heavy atom. The minimum Gasteiger partial charge on any atom is -0.368 e. The van der Waals surface area contributed by atoms with Gasteiger partial charge in [0.25, 0.3) is 5.91 Å². The predicted octanol–water partition coefficient (Wildman–Crippen LogP) is 3.52. The number of fused-ring (bicyclic) bond motifs is 2. The topological polar surface area (TPSA) is 85.1 Å². The molecule has 5 heteroatoms. The number of pyridine rings is 1. The summed E-state index contributed by atoms with van der Waals surface area (Å²) in [4.78, 5) is 30.0. The van der Waals surface area contributed by atoms with Crippen LogP contribution in [-0.2, 0) is 11.2 Å². The average molecular weight is 383 g/mol. The van der Waals surface area contributed by atoms with E-state index in [-0.39, 0.29) is 5.91 Å². The maximum absolute atomic E-state index is 13.3. The summed E-state index contributed by atoms with van der Waals surface area (Å²) in [7, 11) is 0. The molecule has 2 amide bonds. The largest absolute Gasteiger partial charge is 0.368 e. The first kappa shape index (κ1) is 18.6. The number of benzene rings is 3. The van der Waals surface area contributed by atoms with Crippen molar-refractivity contribution in [1.82, 2.24) is 10.3 Å². The molecule has 4 aromatic rings. The quantitative estimate of drug-likeness (QED) is 0.517. The van der Waals surface area contributed by atoms with E-state index in [9.17, 15) is 9.59 Å². The molecule has 0 aliphatic rings. The van der Waals surface area contributed by atoms with Gasteiger partial charge in [-0.1, -0.05) is 66.2 Å². The number of aromatic nitrogens is 1. The third-order valence-corrected chi connectivity index (χ3v) is 4.99. The molecule has 0 aliphatic heterocycles. The third-order valence-electron chi connectivity index (χ3n) is 4.99. The van der Waals surface area contributed by atoms with Gasteiger partial charge < -0.3 is 11.1 Å². The monoisotopic (exact) mass is 383 g/mol. The van der Waals surface area contributed by atoms with Crippen LogP contribution in [0.2, 0.25) is 0 Å². The van der Waals surface area contributed by atoms with E-state index in [0.717, 1.165) is 32.9 Å². The average Bonchev–Trinajstić information content (AvgIpc) is 2.71. The zero-order valence-corrected chi connectivity index (χ0v) is 16.1. The lowest BCUT2D eigenvalue weighted by Gasteiger charge is -2.18. The highest BCUT2D eigenvalue weighted by Gasteiger charge is 2.22. The van der Waals surface area contributed by atoms with Crippen molar-refractivity contribution in [3.63, 3.8) is 0 Å². The smallest absolute Gasteiger partial charge is 0.253 e. The van der Waals surface area contributed by atoms with Gasteiger partial charge in [0, 0.05) is 17.2 Å². The second-order valence-corrected chi connectivity index (χ2v) is 7.14. The molecule has 4 rings (SSSR count). The van der Waals surface area contributed by atoms with E-state index in [4.69, 9.17) is 5.73 Å². The van der Waals surface area contributed by atoms with Gasteiger partial charge in [-0.05, 0) is 24.6 Å². The Hall–Kier alpha value is -3.73. The highest BCUT2D eigenvalue weighted by molar-refractivity contribution is 6.16. The zero-order valence-electron chi connectivity index (χ0n) is 16.1. The van der Waals surface area contributed by atoms with E-state index in [1.807, 2.05) is 79.7 Å². The molecule has 1 heterocycles. The van der Waals surface area contributed by atoms with Crippen molar-refractivity contribution in [2.24, 2.45) is 5.73 Å². The van der Waals surface area contributed by atoms with E-state index < -0.39 is 11.9 Å². The Kier molecular flexibility index (Phi) is 4.96. The summed E-state index contributed by atoms with van der Waals surface area (Å²) in [5.41, 5.74) is 9.59. The summed E-state index contributed by atoms with van der Waals surface area (Å²) in [6.07, 6.45) is 0.337. The van der Waals surface area contributed by atoms with Crippen molar-refractivity contribution in [2.75, 3.05) is 0 Å². The fourth-order valence-corrected chi connectivity index (χ4v) is 3.61. The maximum atomic E-state index is 13.3. The minimum atomic E-state index is -0.810. The second kappa shape index (κ2) is 7.72. The fraction of sp³-hybridized carbons (Fsp3) is 0.125. The molecular formula is C24H21N3O2. The van der Waals surface area contributed by atoms with Crippen LogP contribution in [0.4, 0.5) is 0 Å². The van der Waals surface area contributed by atoms with Crippen molar-refractivity contribution >= 4 is 33.6 Å². The Morgan fingerprint density at radius 1 is 0.931 bits per heavy atom. The van der Waals surface area contributed by atoms with Gasteiger partial charge >= 0.3 is 0 Å². The number of primary amides is 1. The van der Waals surface area contributed by atoms with Crippen molar-refractivity contribution in [3.05, 3.63) is 89.5 Å². The van der Waals surface area contributed by atoms with Crippen molar-refractivity contribution in [2.45, 2.75) is 19.4 Å². The number of carbonyl (C=O) groups is 2. The highest BCUT2D eigenvalue weighted by Crippen LogP contribution is 2.26. The molecule has 0 unspecified atom stereocenters. The lowest BCUT2D eigenvalue weighted by Crippen LogP contribution is -2.46. The normalized spacial score (nSPS) is 12.0. The molecule has 0 radical (unpaired) electrons. The highest BCUT2D eigenvalue weighted by atomic mass is 16.2. The molecule has 0 fully saturated rings. The molecule has 0 saturated carbocycles. The molecule has 1 atom stereocenters. The molecule has 1 aromatic heterocycles. The van der Waals surface area contributed by atoms with E-state index in [1.165, 1.54) is 0 Å². The number of hydrogen-bond donors (Lipinski definition) is 2. The van der Waals surface area contributed by atoms with Crippen LogP contribution < -0.4 is 11.1 Å². The molecule has 0 bridgehead atoms. The van der Waals surface area contributed by atoms with Crippen LogP contribution in [0.3, 0.4) is 0 Å². The Morgan fingerprint density at radius 2 is 1.55 bits per heavy atom. The van der Waals surface area contributed by atoms with E-state index in [0.29, 0.717) is 12.0 Å². The molecule has 29 heavy (non-hydrogen) atoms. The van der Waals surface area contributed by atoms with Gasteiger partial charge in [-0.3, -0.25) is 9.59 Å². The molecule has 0 saturated heterocycles. The van der Waals surface area contributed by atoms with Crippen LogP contribution in [0.25, 0.3) is 21.8 Å². The van der Waals surface area contributed by atoms with Crippen LogP contribution in [0.5, 0.6) is 0 Å². The maximum Gasteiger partial charge on any atom is 0.253 e. The van der Waals surface area contributed by atoms with Gasteiger partial charge in [0.2, 0.25) is 5.91 Å². The van der Waals surface area contributed by atoms with Gasteiger partial charge in [-0.25, -0.2) is 4.98 Å². The van der Waals surface area contributed by atoms with E-state index >= 15 is 0 Å². The molecule has 0 spiro atoms. The van der Waals surface area contributed by atoms with Crippen LogP contribution >= 0.6 is 0 Å². The zero-order chi connectivity index (χ0) is 20.4. The first-order valence-corrected chi connectivity index (χ1v) is 9.46. The number of para-hydroxylation sites is 2. The molecule has 3 N–H and O–H groups in total. The number of hydrogen-bond acceptors (Lipinski definition) is 3. The number of nitrogens with two attached hydrogens (primary N) is 1. The number of amides is 2. The fourth-order valence-electron chi connectivity index (χ4n) is 3.61. The number of aryl methyl sites for hydroxylation is 1. The van der Waals surface area contributed by atoms with Crippen molar-refractivity contribution < 1.29 is 9.59 Å². The molecule has 3 aromatic carbocycles. The Labute approximate surface area is 168 Å². The summed E-state index contributed by atoms with van der Waals surface area (Å²) in [6.45, 7) is 1.98. The summed E-state index contributed by atoms with van der Waals surface area (Å²) in [5.74, 6) is -0.904. The summed E-state index contributed by atoms with van der Waals surface area (Å²) in [5, 5.41) is 4.32. The van der Waals surface area contributed by atoms with Gasteiger partial charge in [-0.2, -0.15) is 0 Å². The number of nitrogens with zero attached hydrogens (tertiary/aromatic N) is 1. The molecule has 5 nitrogen and oxygen atoms in total. The number of carbonyl (C=O) groups excluding carboxylic acids is 2. The summed E-state index contributed by atoms with van der Waals surface area (Å²) in [6, 6.07) is 22.0. The Bertz CT molecular complexity index is 1180. The van der Waals surface area contributed by atoms with Crippen molar-refractivity contribution in [1.29, 1.82) is 0 Å². The summed E-state index contributed by atoms with van der Waals surface area (Å²) >= 11 is 0. The van der Waals surface area contributed by atoms with Gasteiger partial charge in [0.1, 0.15) is 6.04 Å². The third kappa shape index (κ3) is 3.80. The molecular weight excluding hydrogens is 362 g/mol. The van der Waals surface area contributed by atoms with Gasteiger partial charge in [0.05, 0.1) is 16.6 Å². The first-order valence-electron chi connectivity index (χ1n) is 9.46. The molecule has 144 valence electrons. The van der Waals surface area contributed by atoms with E-state index in [2.05, 4.69) is 10.3 Å².